The average Bonchev–Trinajstić information content (AvgIpc) is 2.68. The first-order valence-electron chi connectivity index (χ1n) is 8.30. The Kier molecular flexibility index (Phi) is 3.93. The molecule has 0 spiro atoms. The number of nitrogens with one attached hydrogen (secondary N) is 1. The molecule has 0 unspecified atom stereocenters. The lowest BCUT2D eigenvalue weighted by Crippen LogP contribution is -2.24. The average molecular weight is 377 g/mol. The molecule has 0 aromatic heterocycles. The summed E-state index contributed by atoms with van der Waals surface area (Å²) in [4.78, 5) is 26.0. The van der Waals surface area contributed by atoms with Gasteiger partial charge in [-0.1, -0.05) is 48.5 Å². The number of anilines is 1. The number of benzene rings is 3. The van der Waals surface area contributed by atoms with Crippen molar-refractivity contribution in [2.45, 2.75) is 11.8 Å². The Morgan fingerprint density at radius 2 is 1.30 bits per heavy atom. The van der Waals surface area contributed by atoms with Crippen LogP contribution in [-0.2, 0) is 10.0 Å². The number of ketones is 2. The maximum atomic E-state index is 13.1. The van der Waals surface area contributed by atoms with Crippen molar-refractivity contribution in [2.75, 3.05) is 4.72 Å². The van der Waals surface area contributed by atoms with Crippen molar-refractivity contribution in [3.8, 4) is 0 Å². The standard InChI is InChI=1S/C21H15NO4S/c1-13-11-12-17-18(21(24)16-10-6-5-9-15(16)20(17)23)19(13)22-27(25,26)14-7-3-2-4-8-14/h2-12,22H,1H3. The second kappa shape index (κ2) is 6.17. The molecule has 0 saturated carbocycles. The number of fused-ring (bicyclic) bond motifs is 2. The van der Waals surface area contributed by atoms with Crippen LogP contribution in [0.5, 0.6) is 0 Å². The SMILES string of the molecule is Cc1ccc2c(c1NS(=O)(=O)c1ccccc1)C(=O)c1ccccc1C2=O. The molecule has 0 atom stereocenters. The highest BCUT2D eigenvalue weighted by atomic mass is 32.2. The van der Waals surface area contributed by atoms with Gasteiger partial charge >= 0.3 is 0 Å². The second-order valence-corrected chi connectivity index (χ2v) is 7.98. The Morgan fingerprint density at radius 3 is 1.96 bits per heavy atom. The minimum atomic E-state index is -3.90. The van der Waals surface area contributed by atoms with Crippen molar-refractivity contribution >= 4 is 27.3 Å². The number of hydrogen-bond donors (Lipinski definition) is 1. The normalized spacial score (nSPS) is 13.1. The molecular formula is C21H15NO4S. The van der Waals surface area contributed by atoms with Crippen LogP contribution in [0.25, 0.3) is 0 Å². The largest absolute Gasteiger partial charge is 0.289 e. The van der Waals surface area contributed by atoms with E-state index < -0.39 is 10.0 Å². The third kappa shape index (κ3) is 2.74. The van der Waals surface area contributed by atoms with E-state index in [0.29, 0.717) is 11.1 Å². The van der Waals surface area contributed by atoms with Crippen LogP contribution in [0.15, 0.2) is 71.6 Å². The highest BCUT2D eigenvalue weighted by Crippen LogP contribution is 2.35. The van der Waals surface area contributed by atoms with E-state index in [9.17, 15) is 18.0 Å². The van der Waals surface area contributed by atoms with E-state index in [4.69, 9.17) is 0 Å². The molecule has 0 amide bonds. The van der Waals surface area contributed by atoms with Gasteiger partial charge in [-0.25, -0.2) is 8.42 Å². The molecule has 0 fully saturated rings. The van der Waals surface area contributed by atoms with Crippen molar-refractivity contribution in [1.82, 2.24) is 0 Å². The van der Waals surface area contributed by atoms with E-state index in [1.54, 1.807) is 61.5 Å². The van der Waals surface area contributed by atoms with Crippen LogP contribution >= 0.6 is 0 Å². The smallest absolute Gasteiger partial charge is 0.261 e. The van der Waals surface area contributed by atoms with Crippen molar-refractivity contribution in [3.63, 3.8) is 0 Å². The molecule has 134 valence electrons. The first kappa shape index (κ1) is 17.2. The fourth-order valence-corrected chi connectivity index (χ4v) is 4.38. The van der Waals surface area contributed by atoms with Crippen LogP contribution in [-0.4, -0.2) is 20.0 Å². The van der Waals surface area contributed by atoms with Gasteiger partial charge in [0.2, 0.25) is 0 Å². The van der Waals surface area contributed by atoms with E-state index in [-0.39, 0.29) is 38.8 Å². The summed E-state index contributed by atoms with van der Waals surface area (Å²) in [5.74, 6) is -0.657. The molecular weight excluding hydrogens is 362 g/mol. The van der Waals surface area contributed by atoms with Crippen LogP contribution < -0.4 is 4.72 Å². The monoisotopic (exact) mass is 377 g/mol. The van der Waals surface area contributed by atoms with E-state index in [0.717, 1.165) is 0 Å². The number of sulfonamides is 1. The molecule has 5 nitrogen and oxygen atoms in total. The third-order valence-corrected chi connectivity index (χ3v) is 5.96. The zero-order valence-electron chi connectivity index (χ0n) is 14.4. The molecule has 0 aliphatic heterocycles. The van der Waals surface area contributed by atoms with Crippen LogP contribution in [0.3, 0.4) is 0 Å². The highest BCUT2D eigenvalue weighted by molar-refractivity contribution is 7.92. The molecule has 1 N–H and O–H groups in total. The lowest BCUT2D eigenvalue weighted by Gasteiger charge is -2.22. The number of hydrogen-bond acceptors (Lipinski definition) is 4. The molecule has 0 heterocycles. The van der Waals surface area contributed by atoms with Crippen LogP contribution in [0.1, 0.15) is 37.4 Å². The van der Waals surface area contributed by atoms with Gasteiger partial charge in [0, 0.05) is 16.7 Å². The lowest BCUT2D eigenvalue weighted by molar-refractivity contribution is 0.0979. The second-order valence-electron chi connectivity index (χ2n) is 6.30. The summed E-state index contributed by atoms with van der Waals surface area (Å²) in [5.41, 5.74) is 1.61. The summed E-state index contributed by atoms with van der Waals surface area (Å²) >= 11 is 0. The molecule has 0 radical (unpaired) electrons. The summed E-state index contributed by atoms with van der Waals surface area (Å²) in [6.45, 7) is 1.70. The number of rotatable bonds is 3. The minimum Gasteiger partial charge on any atom is -0.289 e. The maximum absolute atomic E-state index is 13.1. The van der Waals surface area contributed by atoms with Gasteiger partial charge in [0.05, 0.1) is 16.1 Å². The van der Waals surface area contributed by atoms with E-state index in [2.05, 4.69) is 4.72 Å². The Balaban J connectivity index is 1.90. The highest BCUT2D eigenvalue weighted by Gasteiger charge is 2.33. The van der Waals surface area contributed by atoms with Crippen molar-refractivity contribution < 1.29 is 18.0 Å². The quantitative estimate of drug-likeness (QED) is 0.592. The van der Waals surface area contributed by atoms with Gasteiger partial charge in [-0.15, -0.1) is 0 Å². The zero-order valence-corrected chi connectivity index (χ0v) is 15.2. The third-order valence-electron chi connectivity index (χ3n) is 4.59. The lowest BCUT2D eigenvalue weighted by atomic mass is 9.82. The van der Waals surface area contributed by atoms with Gasteiger partial charge in [0.15, 0.2) is 11.6 Å². The molecule has 4 rings (SSSR count). The van der Waals surface area contributed by atoms with Gasteiger partial charge in [0.1, 0.15) is 0 Å². The van der Waals surface area contributed by atoms with Crippen molar-refractivity contribution in [3.05, 3.63) is 94.5 Å². The van der Waals surface area contributed by atoms with Gasteiger partial charge in [-0.05, 0) is 30.7 Å². The van der Waals surface area contributed by atoms with E-state index >= 15 is 0 Å². The fourth-order valence-electron chi connectivity index (χ4n) is 3.22. The van der Waals surface area contributed by atoms with Crippen LogP contribution in [0, 0.1) is 6.92 Å². The topological polar surface area (TPSA) is 80.3 Å². The Bertz CT molecular complexity index is 1200. The van der Waals surface area contributed by atoms with Crippen LogP contribution in [0.4, 0.5) is 5.69 Å². The fraction of sp³-hybridized carbons (Fsp3) is 0.0476. The van der Waals surface area contributed by atoms with Crippen molar-refractivity contribution in [2.24, 2.45) is 0 Å². The molecule has 0 saturated heterocycles. The van der Waals surface area contributed by atoms with Gasteiger partial charge in [-0.3, -0.25) is 14.3 Å². The first-order chi connectivity index (χ1) is 12.9. The number of aryl methyl sites for hydroxylation is 1. The molecule has 3 aromatic carbocycles. The predicted octanol–water partition coefficient (Wildman–Crippen LogP) is 3.57. The molecule has 1 aliphatic rings. The molecule has 27 heavy (non-hydrogen) atoms. The van der Waals surface area contributed by atoms with Gasteiger partial charge in [-0.2, -0.15) is 0 Å². The van der Waals surface area contributed by atoms with Gasteiger partial charge in [0.25, 0.3) is 10.0 Å². The number of carbonyl (C=O) groups is 2. The Hall–Kier alpha value is -3.25. The Labute approximate surface area is 156 Å². The summed E-state index contributed by atoms with van der Waals surface area (Å²) in [5, 5.41) is 0. The summed E-state index contributed by atoms with van der Waals surface area (Å²) in [6, 6.07) is 17.7. The summed E-state index contributed by atoms with van der Waals surface area (Å²) < 4.78 is 28.0. The molecule has 1 aliphatic carbocycles. The van der Waals surface area contributed by atoms with Crippen molar-refractivity contribution in [1.29, 1.82) is 0 Å². The van der Waals surface area contributed by atoms with E-state index in [1.807, 2.05) is 0 Å². The number of carbonyl (C=O) groups excluding carboxylic acids is 2. The zero-order chi connectivity index (χ0) is 19.2. The predicted molar refractivity (Wildman–Crippen MR) is 102 cm³/mol. The minimum absolute atomic E-state index is 0.0805. The molecule has 0 bridgehead atoms. The first-order valence-corrected chi connectivity index (χ1v) is 9.78. The molecule has 6 heteroatoms. The Morgan fingerprint density at radius 1 is 0.704 bits per heavy atom. The summed E-state index contributed by atoms with van der Waals surface area (Å²) in [7, 11) is -3.90. The molecule has 3 aromatic rings. The van der Waals surface area contributed by atoms with Crippen LogP contribution in [0.2, 0.25) is 0 Å². The summed E-state index contributed by atoms with van der Waals surface area (Å²) in [6.07, 6.45) is 0. The van der Waals surface area contributed by atoms with Gasteiger partial charge < -0.3 is 0 Å². The maximum Gasteiger partial charge on any atom is 0.261 e. The van der Waals surface area contributed by atoms with E-state index in [1.165, 1.54) is 12.1 Å².